The standard InChI is InChI=1S/C8H5ClFNO2/c9-7-2-1-3-8(10)6(7)4-5-11(12)13/h1-5H. The average Bonchev–Trinajstić information content (AvgIpc) is 2.03. The molecule has 1 rings (SSSR count). The van der Waals surface area contributed by atoms with E-state index in [-0.39, 0.29) is 10.6 Å². The smallest absolute Gasteiger partial charge is 0.235 e. The summed E-state index contributed by atoms with van der Waals surface area (Å²) in [5.41, 5.74) is 0.0286. The molecule has 0 atom stereocenters. The van der Waals surface area contributed by atoms with Gasteiger partial charge in [-0.1, -0.05) is 17.7 Å². The van der Waals surface area contributed by atoms with Crippen molar-refractivity contribution in [2.24, 2.45) is 0 Å². The zero-order valence-corrected chi connectivity index (χ0v) is 7.16. The molecule has 0 aliphatic rings. The van der Waals surface area contributed by atoms with Crippen LogP contribution in [0.3, 0.4) is 0 Å². The molecular weight excluding hydrogens is 197 g/mol. The van der Waals surface area contributed by atoms with E-state index in [4.69, 9.17) is 11.6 Å². The lowest BCUT2D eigenvalue weighted by molar-refractivity contribution is -0.400. The van der Waals surface area contributed by atoms with Crippen molar-refractivity contribution in [1.82, 2.24) is 0 Å². The van der Waals surface area contributed by atoms with Crippen molar-refractivity contribution in [3.8, 4) is 0 Å². The molecule has 0 N–H and O–H groups in total. The number of benzene rings is 1. The summed E-state index contributed by atoms with van der Waals surface area (Å²) in [7, 11) is 0. The minimum atomic E-state index is -0.678. The Balaban J connectivity index is 3.06. The fourth-order valence-electron chi connectivity index (χ4n) is 0.805. The summed E-state index contributed by atoms with van der Waals surface area (Å²) in [4.78, 5) is 9.27. The van der Waals surface area contributed by atoms with E-state index in [1.807, 2.05) is 0 Å². The highest BCUT2D eigenvalue weighted by atomic mass is 35.5. The Labute approximate surface area is 78.6 Å². The second kappa shape index (κ2) is 4.00. The summed E-state index contributed by atoms with van der Waals surface area (Å²) in [6.45, 7) is 0. The first-order valence-electron chi connectivity index (χ1n) is 3.37. The summed E-state index contributed by atoms with van der Waals surface area (Å²) >= 11 is 5.60. The molecule has 0 aliphatic carbocycles. The van der Waals surface area contributed by atoms with Gasteiger partial charge in [0.15, 0.2) is 0 Å². The Bertz CT molecular complexity index is 345. The minimum absolute atomic E-state index is 0.0286. The van der Waals surface area contributed by atoms with Gasteiger partial charge in [0, 0.05) is 11.6 Å². The quantitative estimate of drug-likeness (QED) is 0.545. The van der Waals surface area contributed by atoms with Gasteiger partial charge in [0.1, 0.15) is 5.82 Å². The van der Waals surface area contributed by atoms with E-state index in [0.29, 0.717) is 6.20 Å². The third-order valence-electron chi connectivity index (χ3n) is 1.36. The molecule has 1 aromatic rings. The molecule has 0 unspecified atom stereocenters. The Morgan fingerprint density at radius 3 is 2.77 bits per heavy atom. The van der Waals surface area contributed by atoms with Gasteiger partial charge in [-0.25, -0.2) is 4.39 Å². The van der Waals surface area contributed by atoms with Crippen molar-refractivity contribution in [3.63, 3.8) is 0 Å². The van der Waals surface area contributed by atoms with Gasteiger partial charge in [-0.05, 0) is 12.1 Å². The molecule has 0 heterocycles. The summed E-state index contributed by atoms with van der Waals surface area (Å²) in [5.74, 6) is -0.578. The normalized spacial score (nSPS) is 10.6. The average molecular weight is 202 g/mol. The monoisotopic (exact) mass is 201 g/mol. The van der Waals surface area contributed by atoms with Crippen molar-refractivity contribution >= 4 is 17.7 Å². The van der Waals surface area contributed by atoms with E-state index in [1.54, 1.807) is 0 Å². The zero-order valence-electron chi connectivity index (χ0n) is 6.41. The second-order valence-electron chi connectivity index (χ2n) is 2.24. The maximum Gasteiger partial charge on any atom is 0.235 e. The molecule has 0 amide bonds. The van der Waals surface area contributed by atoms with Crippen LogP contribution in [0.4, 0.5) is 4.39 Å². The van der Waals surface area contributed by atoms with Gasteiger partial charge in [-0.3, -0.25) is 10.1 Å². The minimum Gasteiger partial charge on any atom is -0.259 e. The number of rotatable bonds is 2. The molecule has 1 aromatic carbocycles. The van der Waals surface area contributed by atoms with Crippen LogP contribution in [0.1, 0.15) is 5.56 Å². The Hall–Kier alpha value is -1.42. The Morgan fingerprint density at radius 2 is 2.23 bits per heavy atom. The van der Waals surface area contributed by atoms with Crippen LogP contribution in [0.2, 0.25) is 5.02 Å². The lowest BCUT2D eigenvalue weighted by Crippen LogP contribution is -1.86. The van der Waals surface area contributed by atoms with E-state index in [0.717, 1.165) is 6.08 Å². The molecule has 0 radical (unpaired) electrons. The van der Waals surface area contributed by atoms with E-state index >= 15 is 0 Å². The molecule has 0 saturated heterocycles. The number of hydrogen-bond acceptors (Lipinski definition) is 2. The van der Waals surface area contributed by atoms with E-state index in [9.17, 15) is 14.5 Å². The van der Waals surface area contributed by atoms with Crippen molar-refractivity contribution in [3.05, 3.63) is 50.9 Å². The highest BCUT2D eigenvalue weighted by Gasteiger charge is 2.03. The summed E-state index contributed by atoms with van der Waals surface area (Å²) in [5, 5.41) is 10.1. The van der Waals surface area contributed by atoms with Crippen LogP contribution in [-0.2, 0) is 0 Å². The van der Waals surface area contributed by atoms with Crippen molar-refractivity contribution < 1.29 is 9.31 Å². The van der Waals surface area contributed by atoms with Gasteiger partial charge in [0.25, 0.3) is 0 Å². The molecule has 0 spiro atoms. The SMILES string of the molecule is O=[N+]([O-])C=Cc1c(F)cccc1Cl. The van der Waals surface area contributed by atoms with Crippen LogP contribution >= 0.6 is 11.6 Å². The van der Waals surface area contributed by atoms with Gasteiger partial charge in [0.2, 0.25) is 6.20 Å². The van der Waals surface area contributed by atoms with E-state index < -0.39 is 10.7 Å². The molecule has 0 bridgehead atoms. The second-order valence-corrected chi connectivity index (χ2v) is 2.64. The first-order valence-corrected chi connectivity index (χ1v) is 3.75. The number of nitrogens with zero attached hydrogens (tertiary/aromatic N) is 1. The van der Waals surface area contributed by atoms with Gasteiger partial charge >= 0.3 is 0 Å². The molecule has 13 heavy (non-hydrogen) atoms. The van der Waals surface area contributed by atoms with Gasteiger partial charge in [-0.2, -0.15) is 0 Å². The predicted octanol–water partition coefficient (Wildman–Crippen LogP) is 2.73. The fourth-order valence-corrected chi connectivity index (χ4v) is 1.03. The van der Waals surface area contributed by atoms with Crippen molar-refractivity contribution in [1.29, 1.82) is 0 Å². The van der Waals surface area contributed by atoms with Crippen molar-refractivity contribution in [2.75, 3.05) is 0 Å². The molecule has 0 aliphatic heterocycles. The molecular formula is C8H5ClFNO2. The Kier molecular flexibility index (Phi) is 2.97. The van der Waals surface area contributed by atoms with Gasteiger partial charge < -0.3 is 0 Å². The van der Waals surface area contributed by atoms with Crippen LogP contribution < -0.4 is 0 Å². The van der Waals surface area contributed by atoms with Crippen LogP contribution in [0.5, 0.6) is 0 Å². The van der Waals surface area contributed by atoms with Crippen molar-refractivity contribution in [2.45, 2.75) is 0 Å². The van der Waals surface area contributed by atoms with E-state index in [2.05, 4.69) is 0 Å². The number of halogens is 2. The van der Waals surface area contributed by atoms with Gasteiger partial charge in [-0.15, -0.1) is 0 Å². The van der Waals surface area contributed by atoms with Crippen LogP contribution in [0.25, 0.3) is 6.08 Å². The third kappa shape index (κ3) is 2.52. The van der Waals surface area contributed by atoms with Crippen LogP contribution in [0.15, 0.2) is 24.4 Å². The zero-order chi connectivity index (χ0) is 9.84. The number of nitro groups is 1. The molecule has 0 saturated carbocycles. The lowest BCUT2D eigenvalue weighted by Gasteiger charge is -1.96. The lowest BCUT2D eigenvalue weighted by atomic mass is 10.2. The molecule has 5 heteroatoms. The highest BCUT2D eigenvalue weighted by molar-refractivity contribution is 6.32. The van der Waals surface area contributed by atoms with E-state index in [1.165, 1.54) is 18.2 Å². The molecule has 68 valence electrons. The number of hydrogen-bond donors (Lipinski definition) is 0. The topological polar surface area (TPSA) is 43.1 Å². The van der Waals surface area contributed by atoms with Crippen LogP contribution in [-0.4, -0.2) is 4.92 Å². The summed E-state index contributed by atoms with van der Waals surface area (Å²) in [6.07, 6.45) is 1.67. The largest absolute Gasteiger partial charge is 0.259 e. The molecule has 3 nitrogen and oxygen atoms in total. The molecule has 0 aromatic heterocycles. The Morgan fingerprint density at radius 1 is 1.54 bits per heavy atom. The summed E-state index contributed by atoms with van der Waals surface area (Å²) in [6, 6.07) is 4.08. The van der Waals surface area contributed by atoms with Crippen LogP contribution in [0, 0.1) is 15.9 Å². The first-order chi connectivity index (χ1) is 6.11. The summed E-state index contributed by atoms with van der Waals surface area (Å²) < 4.78 is 12.9. The predicted molar refractivity (Wildman–Crippen MR) is 47.4 cm³/mol. The first kappa shape index (κ1) is 9.67. The van der Waals surface area contributed by atoms with Gasteiger partial charge in [0.05, 0.1) is 9.95 Å². The highest BCUT2D eigenvalue weighted by Crippen LogP contribution is 2.19. The fraction of sp³-hybridized carbons (Fsp3) is 0. The third-order valence-corrected chi connectivity index (χ3v) is 1.69. The maximum absolute atomic E-state index is 12.9. The maximum atomic E-state index is 12.9. The molecule has 0 fully saturated rings.